The molecule has 1 aromatic heterocycles. The molecule has 5 nitrogen and oxygen atoms in total. The number of ether oxygens (including phenoxy) is 2. The Bertz CT molecular complexity index is 1040. The smallest absolute Gasteiger partial charge is 0.262 e. The van der Waals surface area contributed by atoms with Crippen LogP contribution in [-0.2, 0) is 11.3 Å². The highest BCUT2D eigenvalue weighted by atomic mass is 35.5. The molecule has 0 fully saturated rings. The van der Waals surface area contributed by atoms with Gasteiger partial charge in [-0.25, -0.2) is 0 Å². The van der Waals surface area contributed by atoms with Crippen molar-refractivity contribution in [3.05, 3.63) is 87.1 Å². The summed E-state index contributed by atoms with van der Waals surface area (Å²) < 4.78 is 11.2. The van der Waals surface area contributed by atoms with E-state index in [1.165, 1.54) is 0 Å². The van der Waals surface area contributed by atoms with Gasteiger partial charge in [0.15, 0.2) is 0 Å². The predicted octanol–water partition coefficient (Wildman–Crippen LogP) is 5.08. The van der Waals surface area contributed by atoms with Gasteiger partial charge in [-0.1, -0.05) is 41.9 Å². The quantitative estimate of drug-likeness (QED) is 0.287. The largest absolute Gasteiger partial charge is 0.490 e. The van der Waals surface area contributed by atoms with Gasteiger partial charge in [0.05, 0.1) is 11.6 Å². The van der Waals surface area contributed by atoms with E-state index in [9.17, 15) is 10.1 Å². The molecule has 0 bridgehead atoms. The first-order valence-electron chi connectivity index (χ1n) is 9.18. The lowest BCUT2D eigenvalue weighted by molar-refractivity contribution is -0.117. The molecule has 0 radical (unpaired) electrons. The maximum absolute atomic E-state index is 12.2. The van der Waals surface area contributed by atoms with Gasteiger partial charge < -0.3 is 14.8 Å². The molecule has 3 aromatic rings. The Hall–Kier alpha value is -3.27. The number of rotatable bonds is 9. The normalized spacial score (nSPS) is 10.9. The zero-order valence-electron chi connectivity index (χ0n) is 16.0. The molecule has 0 atom stereocenters. The number of para-hydroxylation sites is 1. The van der Waals surface area contributed by atoms with Crippen molar-refractivity contribution in [2.75, 3.05) is 13.2 Å². The van der Waals surface area contributed by atoms with Crippen molar-refractivity contribution in [2.45, 2.75) is 6.54 Å². The first kappa shape index (κ1) is 21.4. The number of amides is 1. The van der Waals surface area contributed by atoms with Crippen LogP contribution in [0.2, 0.25) is 5.02 Å². The third-order valence-electron chi connectivity index (χ3n) is 4.01. The standard InChI is InChI=1S/C23H19ClN2O3S/c24-21-5-1-2-6-22(21)29-12-11-28-19-9-7-17(8-10-19)14-18(15-25)23(27)26-16-20-4-3-13-30-20/h1-10,13-14H,11-12,16H2,(H,26,27)/b18-14+. The lowest BCUT2D eigenvalue weighted by Gasteiger charge is -2.09. The van der Waals surface area contributed by atoms with Crippen LogP contribution in [0.1, 0.15) is 10.4 Å². The van der Waals surface area contributed by atoms with E-state index in [4.69, 9.17) is 21.1 Å². The number of halogens is 1. The minimum Gasteiger partial charge on any atom is -0.490 e. The number of benzene rings is 2. The molecule has 1 N–H and O–H groups in total. The lowest BCUT2D eigenvalue weighted by Crippen LogP contribution is -2.23. The van der Waals surface area contributed by atoms with Crippen LogP contribution in [0.15, 0.2) is 71.6 Å². The molecule has 152 valence electrons. The Labute approximate surface area is 184 Å². The summed E-state index contributed by atoms with van der Waals surface area (Å²) in [7, 11) is 0. The van der Waals surface area contributed by atoms with E-state index in [1.807, 2.05) is 35.7 Å². The van der Waals surface area contributed by atoms with E-state index in [-0.39, 0.29) is 5.57 Å². The summed E-state index contributed by atoms with van der Waals surface area (Å²) in [5, 5.41) is 14.6. The van der Waals surface area contributed by atoms with Crippen molar-refractivity contribution >= 4 is 34.9 Å². The Balaban J connectivity index is 1.49. The molecule has 0 aliphatic heterocycles. The van der Waals surface area contributed by atoms with Crippen molar-refractivity contribution in [3.8, 4) is 17.6 Å². The third kappa shape index (κ3) is 6.38. The van der Waals surface area contributed by atoms with Crippen LogP contribution >= 0.6 is 22.9 Å². The molecular weight excluding hydrogens is 420 g/mol. The number of hydrogen-bond donors (Lipinski definition) is 1. The van der Waals surface area contributed by atoms with Gasteiger partial charge in [0, 0.05) is 4.88 Å². The molecule has 7 heteroatoms. The topological polar surface area (TPSA) is 71.3 Å². The zero-order valence-corrected chi connectivity index (χ0v) is 17.6. The van der Waals surface area contributed by atoms with Crippen LogP contribution in [0.4, 0.5) is 0 Å². The molecule has 1 amide bonds. The molecule has 0 unspecified atom stereocenters. The number of carbonyl (C=O) groups excluding carboxylic acids is 1. The summed E-state index contributed by atoms with van der Waals surface area (Å²) in [5.41, 5.74) is 0.783. The van der Waals surface area contributed by atoms with E-state index in [1.54, 1.807) is 53.8 Å². The fourth-order valence-electron chi connectivity index (χ4n) is 2.52. The van der Waals surface area contributed by atoms with Crippen LogP contribution in [0.5, 0.6) is 11.5 Å². The predicted molar refractivity (Wildman–Crippen MR) is 119 cm³/mol. The van der Waals surface area contributed by atoms with Gasteiger partial charge in [0.25, 0.3) is 5.91 Å². The Kier molecular flexibility index (Phi) is 7.90. The number of nitrogens with zero attached hydrogens (tertiary/aromatic N) is 1. The molecule has 0 aliphatic rings. The number of thiophene rings is 1. The number of hydrogen-bond acceptors (Lipinski definition) is 5. The summed E-state index contributed by atoms with van der Waals surface area (Å²) >= 11 is 7.59. The molecule has 0 spiro atoms. The first-order chi connectivity index (χ1) is 14.7. The fourth-order valence-corrected chi connectivity index (χ4v) is 3.36. The van der Waals surface area contributed by atoms with Crippen LogP contribution < -0.4 is 14.8 Å². The summed E-state index contributed by atoms with van der Waals surface area (Å²) in [5.74, 6) is 0.878. The minimum atomic E-state index is -0.400. The van der Waals surface area contributed by atoms with Gasteiger partial charge >= 0.3 is 0 Å². The maximum atomic E-state index is 12.2. The van der Waals surface area contributed by atoms with Crippen LogP contribution in [-0.4, -0.2) is 19.1 Å². The summed E-state index contributed by atoms with van der Waals surface area (Å²) in [6, 6.07) is 20.2. The molecule has 2 aromatic carbocycles. The Morgan fingerprint density at radius 3 is 2.53 bits per heavy atom. The van der Waals surface area contributed by atoms with E-state index >= 15 is 0 Å². The number of nitriles is 1. The van der Waals surface area contributed by atoms with Crippen molar-refractivity contribution in [1.82, 2.24) is 5.32 Å². The second-order valence-corrected chi connectivity index (χ2v) is 7.57. The van der Waals surface area contributed by atoms with Crippen molar-refractivity contribution < 1.29 is 14.3 Å². The molecule has 0 saturated carbocycles. The van der Waals surface area contributed by atoms with Crippen molar-refractivity contribution in [2.24, 2.45) is 0 Å². The minimum absolute atomic E-state index is 0.0494. The fraction of sp³-hybridized carbons (Fsp3) is 0.130. The van der Waals surface area contributed by atoms with Gasteiger partial charge in [-0.15, -0.1) is 11.3 Å². The summed E-state index contributed by atoms with van der Waals surface area (Å²) in [6.45, 7) is 1.11. The molecule has 1 heterocycles. The average molecular weight is 439 g/mol. The van der Waals surface area contributed by atoms with E-state index in [2.05, 4.69) is 5.32 Å². The second kappa shape index (κ2) is 11.1. The molecular formula is C23H19ClN2O3S. The van der Waals surface area contributed by atoms with Crippen LogP contribution in [0.25, 0.3) is 6.08 Å². The third-order valence-corrected chi connectivity index (χ3v) is 5.19. The van der Waals surface area contributed by atoms with E-state index in [0.717, 1.165) is 10.4 Å². The first-order valence-corrected chi connectivity index (χ1v) is 10.4. The second-order valence-electron chi connectivity index (χ2n) is 6.13. The Morgan fingerprint density at radius 1 is 1.07 bits per heavy atom. The highest BCUT2D eigenvalue weighted by molar-refractivity contribution is 7.09. The SMILES string of the molecule is N#C/C(=C\c1ccc(OCCOc2ccccc2Cl)cc1)C(=O)NCc1cccs1. The van der Waals surface area contributed by atoms with Crippen molar-refractivity contribution in [3.63, 3.8) is 0 Å². The Morgan fingerprint density at radius 2 is 1.83 bits per heavy atom. The zero-order chi connectivity index (χ0) is 21.2. The average Bonchev–Trinajstić information content (AvgIpc) is 3.29. The summed E-state index contributed by atoms with van der Waals surface area (Å²) in [4.78, 5) is 13.2. The van der Waals surface area contributed by atoms with Gasteiger partial charge in [-0.3, -0.25) is 4.79 Å². The van der Waals surface area contributed by atoms with E-state index < -0.39 is 5.91 Å². The van der Waals surface area contributed by atoms with Gasteiger partial charge in [-0.05, 0) is 47.4 Å². The van der Waals surface area contributed by atoms with Gasteiger partial charge in [0.1, 0.15) is 36.4 Å². The highest BCUT2D eigenvalue weighted by Crippen LogP contribution is 2.23. The number of carbonyl (C=O) groups is 1. The van der Waals surface area contributed by atoms with Gasteiger partial charge in [0.2, 0.25) is 0 Å². The molecule has 0 saturated heterocycles. The van der Waals surface area contributed by atoms with E-state index in [0.29, 0.717) is 36.3 Å². The van der Waals surface area contributed by atoms with Crippen LogP contribution in [0, 0.1) is 11.3 Å². The highest BCUT2D eigenvalue weighted by Gasteiger charge is 2.09. The lowest BCUT2D eigenvalue weighted by atomic mass is 10.1. The number of nitrogens with one attached hydrogen (secondary N) is 1. The van der Waals surface area contributed by atoms with Gasteiger partial charge in [-0.2, -0.15) is 5.26 Å². The summed E-state index contributed by atoms with van der Waals surface area (Å²) in [6.07, 6.45) is 1.55. The monoisotopic (exact) mass is 438 g/mol. The molecule has 3 rings (SSSR count). The van der Waals surface area contributed by atoms with Crippen molar-refractivity contribution in [1.29, 1.82) is 5.26 Å². The maximum Gasteiger partial charge on any atom is 0.262 e. The molecule has 30 heavy (non-hydrogen) atoms. The molecule has 0 aliphatic carbocycles. The van der Waals surface area contributed by atoms with Crippen LogP contribution in [0.3, 0.4) is 0 Å².